The molecule has 0 aliphatic rings. The molecule has 7 heteroatoms. The maximum atomic E-state index is 12.4. The molecule has 23 heavy (non-hydrogen) atoms. The smallest absolute Gasteiger partial charge is 0.326 e. The number of hydrogen-bond donors (Lipinski definition) is 3. The number of carbonyl (C=O) groups excluding carboxylic acids is 2. The number of nitrogens with one attached hydrogen (secondary N) is 2. The summed E-state index contributed by atoms with van der Waals surface area (Å²) >= 11 is 1.30. The van der Waals surface area contributed by atoms with Crippen molar-refractivity contribution in [3.05, 3.63) is 16.5 Å². The molecule has 0 spiro atoms. The SMILES string of the molecule is CCCC(NC(=O)c1cc(C)sc1NC(=O)C(C)(C)C)C(=O)O. The van der Waals surface area contributed by atoms with Crippen molar-refractivity contribution in [2.75, 3.05) is 5.32 Å². The lowest BCUT2D eigenvalue weighted by Gasteiger charge is -2.18. The Morgan fingerprint density at radius 1 is 1.30 bits per heavy atom. The van der Waals surface area contributed by atoms with Crippen molar-refractivity contribution >= 4 is 34.1 Å². The predicted molar refractivity (Wildman–Crippen MR) is 90.9 cm³/mol. The Labute approximate surface area is 140 Å². The molecule has 0 fully saturated rings. The second-order valence-electron chi connectivity index (χ2n) is 6.46. The molecule has 1 rings (SSSR count). The van der Waals surface area contributed by atoms with E-state index in [1.807, 2.05) is 13.8 Å². The highest BCUT2D eigenvalue weighted by molar-refractivity contribution is 7.16. The summed E-state index contributed by atoms with van der Waals surface area (Å²) in [7, 11) is 0. The highest BCUT2D eigenvalue weighted by atomic mass is 32.1. The molecule has 0 aliphatic carbocycles. The van der Waals surface area contributed by atoms with E-state index in [0.717, 1.165) is 4.88 Å². The Morgan fingerprint density at radius 3 is 2.39 bits per heavy atom. The van der Waals surface area contributed by atoms with Crippen LogP contribution >= 0.6 is 11.3 Å². The van der Waals surface area contributed by atoms with Crippen LogP contribution in [0.1, 0.15) is 55.8 Å². The first-order chi connectivity index (χ1) is 10.6. The number of anilines is 1. The first-order valence-corrected chi connectivity index (χ1v) is 8.33. The summed E-state index contributed by atoms with van der Waals surface area (Å²) in [6.45, 7) is 9.03. The van der Waals surface area contributed by atoms with Gasteiger partial charge in [0, 0.05) is 10.3 Å². The fourth-order valence-electron chi connectivity index (χ4n) is 1.85. The summed E-state index contributed by atoms with van der Waals surface area (Å²) in [5, 5.41) is 14.9. The number of carbonyl (C=O) groups is 3. The molecule has 6 nitrogen and oxygen atoms in total. The number of aryl methyl sites for hydroxylation is 1. The van der Waals surface area contributed by atoms with E-state index in [4.69, 9.17) is 5.11 Å². The van der Waals surface area contributed by atoms with Gasteiger partial charge in [0.05, 0.1) is 5.56 Å². The zero-order valence-electron chi connectivity index (χ0n) is 14.1. The number of hydrogen-bond acceptors (Lipinski definition) is 4. The van der Waals surface area contributed by atoms with Crippen LogP contribution in [0.4, 0.5) is 5.00 Å². The topological polar surface area (TPSA) is 95.5 Å². The summed E-state index contributed by atoms with van der Waals surface area (Å²) in [6, 6.07) is 0.724. The lowest BCUT2D eigenvalue weighted by atomic mass is 9.96. The lowest BCUT2D eigenvalue weighted by Crippen LogP contribution is -2.40. The lowest BCUT2D eigenvalue weighted by molar-refractivity contribution is -0.139. The van der Waals surface area contributed by atoms with Crippen LogP contribution in [0.15, 0.2) is 6.07 Å². The van der Waals surface area contributed by atoms with E-state index in [0.29, 0.717) is 23.4 Å². The van der Waals surface area contributed by atoms with Gasteiger partial charge >= 0.3 is 5.97 Å². The average Bonchev–Trinajstić information content (AvgIpc) is 2.77. The molecule has 0 bridgehead atoms. The highest BCUT2D eigenvalue weighted by Crippen LogP contribution is 2.29. The van der Waals surface area contributed by atoms with Crippen molar-refractivity contribution in [3.8, 4) is 0 Å². The van der Waals surface area contributed by atoms with Crippen molar-refractivity contribution in [3.63, 3.8) is 0 Å². The first kappa shape index (κ1) is 19.2. The van der Waals surface area contributed by atoms with Gasteiger partial charge in [-0.1, -0.05) is 34.1 Å². The molecular formula is C16H24N2O4S. The van der Waals surface area contributed by atoms with Crippen LogP contribution < -0.4 is 10.6 Å². The van der Waals surface area contributed by atoms with Crippen LogP contribution in [-0.4, -0.2) is 28.9 Å². The fourth-order valence-corrected chi connectivity index (χ4v) is 2.75. The van der Waals surface area contributed by atoms with Gasteiger partial charge in [0.25, 0.3) is 5.91 Å². The number of carboxylic acid groups (broad SMARTS) is 1. The number of amides is 2. The van der Waals surface area contributed by atoms with E-state index in [2.05, 4.69) is 10.6 Å². The second-order valence-corrected chi connectivity index (χ2v) is 7.71. The van der Waals surface area contributed by atoms with Crippen molar-refractivity contribution in [1.29, 1.82) is 0 Å². The minimum Gasteiger partial charge on any atom is -0.480 e. The number of rotatable bonds is 6. The average molecular weight is 340 g/mol. The highest BCUT2D eigenvalue weighted by Gasteiger charge is 2.26. The van der Waals surface area contributed by atoms with Crippen LogP contribution in [0.5, 0.6) is 0 Å². The molecule has 0 aromatic carbocycles. The molecule has 3 N–H and O–H groups in total. The van der Waals surface area contributed by atoms with E-state index in [-0.39, 0.29) is 5.91 Å². The molecule has 1 unspecified atom stereocenters. The van der Waals surface area contributed by atoms with Crippen LogP contribution in [0.2, 0.25) is 0 Å². The molecule has 0 radical (unpaired) electrons. The van der Waals surface area contributed by atoms with Crippen molar-refractivity contribution in [2.45, 2.75) is 53.5 Å². The summed E-state index contributed by atoms with van der Waals surface area (Å²) in [5.41, 5.74) is -0.287. The standard InChI is InChI=1S/C16H24N2O4S/c1-6-7-11(14(20)21)17-12(19)10-8-9(2)23-13(10)18-15(22)16(3,4)5/h8,11H,6-7H2,1-5H3,(H,17,19)(H,18,22)(H,20,21). The third-order valence-electron chi connectivity index (χ3n) is 3.19. The monoisotopic (exact) mass is 340 g/mol. The third kappa shape index (κ3) is 5.35. The number of thiophene rings is 1. The van der Waals surface area contributed by atoms with E-state index in [1.54, 1.807) is 26.8 Å². The maximum Gasteiger partial charge on any atom is 0.326 e. The molecule has 1 aromatic rings. The van der Waals surface area contributed by atoms with Gasteiger partial charge < -0.3 is 15.7 Å². The van der Waals surface area contributed by atoms with Crippen LogP contribution in [0.3, 0.4) is 0 Å². The fraction of sp³-hybridized carbons (Fsp3) is 0.562. The molecule has 128 valence electrons. The number of aliphatic carboxylic acids is 1. The van der Waals surface area contributed by atoms with Gasteiger partial charge in [0.15, 0.2) is 0 Å². The van der Waals surface area contributed by atoms with Crippen LogP contribution in [0, 0.1) is 12.3 Å². The van der Waals surface area contributed by atoms with Gasteiger partial charge in [-0.2, -0.15) is 0 Å². The Bertz CT molecular complexity index is 602. The molecule has 2 amide bonds. The van der Waals surface area contributed by atoms with Gasteiger partial charge in [-0.25, -0.2) is 4.79 Å². The van der Waals surface area contributed by atoms with Gasteiger partial charge in [0.2, 0.25) is 5.91 Å². The van der Waals surface area contributed by atoms with Crippen LogP contribution in [-0.2, 0) is 9.59 Å². The molecular weight excluding hydrogens is 316 g/mol. The number of carboxylic acids is 1. The Morgan fingerprint density at radius 2 is 1.91 bits per heavy atom. The van der Waals surface area contributed by atoms with Crippen molar-refractivity contribution in [1.82, 2.24) is 5.32 Å². The van der Waals surface area contributed by atoms with Gasteiger partial charge in [-0.3, -0.25) is 9.59 Å². The Hall–Kier alpha value is -1.89. The van der Waals surface area contributed by atoms with Gasteiger partial charge in [0.1, 0.15) is 11.0 Å². The van der Waals surface area contributed by atoms with Crippen LogP contribution in [0.25, 0.3) is 0 Å². The third-order valence-corrected chi connectivity index (χ3v) is 4.15. The minimum absolute atomic E-state index is 0.197. The predicted octanol–water partition coefficient (Wildman–Crippen LogP) is 3.02. The summed E-state index contributed by atoms with van der Waals surface area (Å²) in [6.07, 6.45) is 1.00. The minimum atomic E-state index is -1.06. The maximum absolute atomic E-state index is 12.4. The van der Waals surface area contributed by atoms with E-state index < -0.39 is 23.3 Å². The Balaban J connectivity index is 2.97. The van der Waals surface area contributed by atoms with E-state index in [9.17, 15) is 14.4 Å². The summed E-state index contributed by atoms with van der Waals surface area (Å²) < 4.78 is 0. The van der Waals surface area contributed by atoms with E-state index >= 15 is 0 Å². The largest absolute Gasteiger partial charge is 0.480 e. The molecule has 0 saturated carbocycles. The summed E-state index contributed by atoms with van der Waals surface area (Å²) in [4.78, 5) is 36.5. The molecule has 0 saturated heterocycles. The molecule has 1 atom stereocenters. The Kier molecular flexibility index (Phi) is 6.32. The first-order valence-electron chi connectivity index (χ1n) is 7.51. The molecule has 1 aromatic heterocycles. The van der Waals surface area contributed by atoms with Gasteiger partial charge in [-0.15, -0.1) is 11.3 Å². The molecule has 0 aliphatic heterocycles. The second kappa shape index (κ2) is 7.59. The zero-order valence-corrected chi connectivity index (χ0v) is 15.0. The normalized spacial score (nSPS) is 12.6. The van der Waals surface area contributed by atoms with Crippen molar-refractivity contribution < 1.29 is 19.5 Å². The van der Waals surface area contributed by atoms with E-state index in [1.165, 1.54) is 11.3 Å². The van der Waals surface area contributed by atoms with Crippen molar-refractivity contribution in [2.24, 2.45) is 5.41 Å². The quantitative estimate of drug-likeness (QED) is 0.742. The molecule has 1 heterocycles. The van der Waals surface area contributed by atoms with Gasteiger partial charge in [-0.05, 0) is 19.4 Å². The summed E-state index contributed by atoms with van der Waals surface area (Å²) in [5.74, 6) is -1.75. The zero-order chi connectivity index (χ0) is 17.8.